The van der Waals surface area contributed by atoms with Crippen molar-refractivity contribution in [3.63, 3.8) is 0 Å². The number of nitrogens with two attached hydrogens (primary N) is 1. The molecule has 3 aromatic rings. The van der Waals surface area contributed by atoms with Gasteiger partial charge in [-0.2, -0.15) is 13.2 Å². The minimum Gasteiger partial charge on any atom is -0.377 e. The zero-order chi connectivity index (χ0) is 27.0. The lowest BCUT2D eigenvalue weighted by atomic mass is 10.2. The van der Waals surface area contributed by atoms with E-state index in [-0.39, 0.29) is 40.8 Å². The van der Waals surface area contributed by atoms with Gasteiger partial charge < -0.3 is 24.8 Å². The smallest absolute Gasteiger partial charge is 0.377 e. The molecule has 0 saturated carbocycles. The van der Waals surface area contributed by atoms with Gasteiger partial charge in [-0.15, -0.1) is 0 Å². The summed E-state index contributed by atoms with van der Waals surface area (Å²) in [4.78, 5) is 27.3. The summed E-state index contributed by atoms with van der Waals surface area (Å²) in [5, 5.41) is 0. The Morgan fingerprint density at radius 2 is 1.84 bits per heavy atom. The molecule has 2 saturated heterocycles. The number of alkyl halides is 3. The average molecular weight is 557 g/mol. The normalized spacial score (nSPS) is 20.3. The zero-order valence-electron chi connectivity index (χ0n) is 20.5. The van der Waals surface area contributed by atoms with Gasteiger partial charge in [-0.1, -0.05) is 0 Å². The lowest BCUT2D eigenvalue weighted by Gasteiger charge is -2.34. The van der Waals surface area contributed by atoms with Crippen molar-refractivity contribution >= 4 is 40.0 Å². The van der Waals surface area contributed by atoms with Crippen LogP contribution in [0.15, 0.2) is 12.4 Å². The summed E-state index contributed by atoms with van der Waals surface area (Å²) >= 11 is -2.00. The highest BCUT2D eigenvalue weighted by Gasteiger charge is 2.35. The van der Waals surface area contributed by atoms with Crippen LogP contribution in [0.3, 0.4) is 0 Å². The Morgan fingerprint density at radius 3 is 2.47 bits per heavy atom. The number of rotatable bonds is 6. The molecule has 17 heteroatoms. The maximum Gasteiger partial charge on any atom is 0.406 e. The fourth-order valence-electron chi connectivity index (χ4n) is 4.60. The van der Waals surface area contributed by atoms with Crippen molar-refractivity contribution in [2.24, 2.45) is 0 Å². The molecule has 38 heavy (non-hydrogen) atoms. The number of halogens is 3. The van der Waals surface area contributed by atoms with E-state index in [2.05, 4.69) is 19.9 Å². The summed E-state index contributed by atoms with van der Waals surface area (Å²) in [7, 11) is 0. The predicted molar refractivity (Wildman–Crippen MR) is 134 cm³/mol. The van der Waals surface area contributed by atoms with Gasteiger partial charge in [0.05, 0.1) is 24.8 Å². The number of imidazole rings is 1. The van der Waals surface area contributed by atoms with Crippen LogP contribution in [0.1, 0.15) is 6.92 Å². The van der Waals surface area contributed by atoms with Crippen LogP contribution in [0, 0.1) is 0 Å². The molecule has 2 aliphatic heterocycles. The third-order valence-corrected chi connectivity index (χ3v) is 7.00. The fraction of sp³-hybridized carbons (Fsp3) is 0.571. The number of anilines is 3. The minimum absolute atomic E-state index is 0.0234. The van der Waals surface area contributed by atoms with Crippen LogP contribution in [0.25, 0.3) is 22.6 Å². The summed E-state index contributed by atoms with van der Waals surface area (Å²) in [6.45, 7) is 3.42. The van der Waals surface area contributed by atoms with E-state index >= 15 is 0 Å². The molecule has 2 atom stereocenters. The van der Waals surface area contributed by atoms with Crippen molar-refractivity contribution in [3.05, 3.63) is 12.4 Å². The number of fused-ring (bicyclic) bond motifs is 1. The molecule has 1 unspecified atom stereocenters. The topological polar surface area (TPSA) is 152 Å². The lowest BCUT2D eigenvalue weighted by Crippen LogP contribution is -2.48. The number of morpholine rings is 1. The van der Waals surface area contributed by atoms with E-state index in [0.717, 1.165) is 4.57 Å². The first-order valence-corrected chi connectivity index (χ1v) is 13.2. The number of hydrogen-bond donors (Lipinski definition) is 2. The molecule has 3 aromatic heterocycles. The van der Waals surface area contributed by atoms with Crippen LogP contribution in [0.4, 0.5) is 30.9 Å². The van der Waals surface area contributed by atoms with Crippen molar-refractivity contribution in [1.29, 1.82) is 0 Å². The predicted octanol–water partition coefficient (Wildman–Crippen LogP) is 0.954. The van der Waals surface area contributed by atoms with E-state index in [1.54, 1.807) is 9.80 Å². The van der Waals surface area contributed by atoms with Gasteiger partial charge in [-0.05, 0) is 6.92 Å². The number of piperazine rings is 1. The Balaban J connectivity index is 1.65. The largest absolute Gasteiger partial charge is 0.406 e. The highest BCUT2D eigenvalue weighted by Crippen LogP contribution is 2.34. The van der Waals surface area contributed by atoms with E-state index in [1.165, 1.54) is 12.4 Å². The third-order valence-electron chi connectivity index (χ3n) is 6.41. The van der Waals surface area contributed by atoms with E-state index in [0.29, 0.717) is 57.3 Å². The Hall–Kier alpha value is -3.15. The number of ether oxygens (including phenoxy) is 1. The molecule has 13 nitrogen and oxygen atoms in total. The second kappa shape index (κ2) is 10.5. The number of nitrogen functional groups attached to an aromatic ring is 1. The van der Waals surface area contributed by atoms with Crippen molar-refractivity contribution < 1.29 is 26.7 Å². The van der Waals surface area contributed by atoms with Crippen molar-refractivity contribution in [2.75, 3.05) is 67.3 Å². The molecule has 0 amide bonds. The standard InChI is InChI=1S/C21H27F3N10O3S/c1-13-10-37-7-6-33(13)17-15-18(30-16(29-17)14-8-26-19(25)27-9-14)34(11-21(22,23)24)20(28-15)32-4-2-31(3-5-32)12-38(35)36/h8-9,13H,2-7,10-12H2,1H3,(H,35,36)(H2,25,26,27)/t13-/m0/s1. The second-order valence-electron chi connectivity index (χ2n) is 9.16. The van der Waals surface area contributed by atoms with Gasteiger partial charge in [0.1, 0.15) is 12.4 Å². The Labute approximate surface area is 218 Å². The summed E-state index contributed by atoms with van der Waals surface area (Å²) in [5.41, 5.74) is 6.29. The Morgan fingerprint density at radius 1 is 1.13 bits per heavy atom. The molecule has 2 aliphatic rings. The monoisotopic (exact) mass is 556 g/mol. The number of hydrogen-bond acceptors (Lipinski definition) is 11. The molecule has 5 rings (SSSR count). The van der Waals surface area contributed by atoms with Crippen LogP contribution < -0.4 is 15.5 Å². The molecular weight excluding hydrogens is 529 g/mol. The van der Waals surface area contributed by atoms with Crippen LogP contribution >= 0.6 is 0 Å². The molecule has 0 bridgehead atoms. The third kappa shape index (κ3) is 5.64. The van der Waals surface area contributed by atoms with Crippen LogP contribution in [-0.2, 0) is 22.4 Å². The molecular formula is C21H27F3N10O3S. The zero-order valence-corrected chi connectivity index (χ0v) is 21.3. The Bertz CT molecular complexity index is 1310. The van der Waals surface area contributed by atoms with E-state index in [1.807, 2.05) is 11.8 Å². The SMILES string of the molecule is C[C@H]1COCCN1c1nc(-c2cnc(N)nc2)nc2c1nc(N1CCN(CS(=O)O)CC1)n2CC(F)(F)F. The molecule has 5 heterocycles. The van der Waals surface area contributed by atoms with Crippen LogP contribution in [0.2, 0.25) is 0 Å². The van der Waals surface area contributed by atoms with Gasteiger partial charge in [0, 0.05) is 45.1 Å². The summed E-state index contributed by atoms with van der Waals surface area (Å²) < 4.78 is 68.5. The fourth-order valence-corrected chi connectivity index (χ4v) is 5.17. The summed E-state index contributed by atoms with van der Waals surface area (Å²) in [6, 6.07) is -0.100. The number of aromatic nitrogens is 6. The molecule has 0 aromatic carbocycles. The number of nitrogens with zero attached hydrogens (tertiary/aromatic N) is 9. The molecule has 206 valence electrons. The summed E-state index contributed by atoms with van der Waals surface area (Å²) in [6.07, 6.45) is -1.70. The van der Waals surface area contributed by atoms with Gasteiger partial charge in [0.2, 0.25) is 11.9 Å². The minimum atomic E-state index is -4.54. The van der Waals surface area contributed by atoms with E-state index in [4.69, 9.17) is 15.5 Å². The maximum absolute atomic E-state index is 13.8. The van der Waals surface area contributed by atoms with Crippen molar-refractivity contribution in [3.8, 4) is 11.4 Å². The van der Waals surface area contributed by atoms with Gasteiger partial charge in [0.15, 0.2) is 33.9 Å². The van der Waals surface area contributed by atoms with Gasteiger partial charge in [0.25, 0.3) is 0 Å². The molecule has 0 radical (unpaired) electrons. The van der Waals surface area contributed by atoms with Crippen LogP contribution in [0.5, 0.6) is 0 Å². The first-order valence-electron chi connectivity index (χ1n) is 11.9. The van der Waals surface area contributed by atoms with Gasteiger partial charge in [-0.25, -0.2) is 29.1 Å². The second-order valence-corrected chi connectivity index (χ2v) is 10.1. The first kappa shape index (κ1) is 26.5. The maximum atomic E-state index is 13.8. The van der Waals surface area contributed by atoms with Crippen molar-refractivity contribution in [2.45, 2.75) is 25.7 Å². The molecule has 0 aliphatic carbocycles. The molecule has 3 N–H and O–H groups in total. The Kier molecular flexibility index (Phi) is 7.34. The highest BCUT2D eigenvalue weighted by molar-refractivity contribution is 7.79. The molecule has 0 spiro atoms. The van der Waals surface area contributed by atoms with E-state index < -0.39 is 23.8 Å². The lowest BCUT2D eigenvalue weighted by molar-refractivity contribution is -0.139. The molecule has 2 fully saturated rings. The highest BCUT2D eigenvalue weighted by atomic mass is 32.2. The van der Waals surface area contributed by atoms with Gasteiger partial charge in [-0.3, -0.25) is 9.47 Å². The van der Waals surface area contributed by atoms with Crippen LogP contribution in [-0.4, -0.2) is 107 Å². The van der Waals surface area contributed by atoms with Gasteiger partial charge >= 0.3 is 6.18 Å². The van der Waals surface area contributed by atoms with Crippen molar-refractivity contribution in [1.82, 2.24) is 34.4 Å². The first-order chi connectivity index (χ1) is 18.1. The quantitative estimate of drug-likeness (QED) is 0.416. The van der Waals surface area contributed by atoms with E-state index in [9.17, 15) is 21.9 Å². The average Bonchev–Trinajstić information content (AvgIpc) is 3.21. The summed E-state index contributed by atoms with van der Waals surface area (Å²) in [5.74, 6) is 0.685.